The summed E-state index contributed by atoms with van der Waals surface area (Å²) in [5.41, 5.74) is 0.0922. The fraction of sp³-hybridized carbons (Fsp3) is 0.357. The van der Waals surface area contributed by atoms with Crippen LogP contribution in [0.2, 0.25) is 0 Å². The molecule has 0 aliphatic rings. The van der Waals surface area contributed by atoms with E-state index >= 15 is 0 Å². The number of carbonyl (C=O) groups excluding carboxylic acids is 2. The van der Waals surface area contributed by atoms with Gasteiger partial charge in [0.05, 0.1) is 30.9 Å². The molecule has 12 heteroatoms. The molecule has 0 saturated heterocycles. The Morgan fingerprint density at radius 1 is 0.950 bits per heavy atom. The standard InChI is InChI=1S/C28H31F4N3O4S/c1-6-38-26(36)23-20(15-34(4)5)24(17-11-13-18(33-3)14-12-17)40-25(23)35(27(37)39-7-2)16-19-21(28(30,31)32)9-8-10-22(19)29/h8-14,33H,6-7,15-16H2,1-5H3. The summed E-state index contributed by atoms with van der Waals surface area (Å²) in [6.07, 6.45) is -5.91. The molecule has 0 aliphatic carbocycles. The zero-order chi connectivity index (χ0) is 29.6. The van der Waals surface area contributed by atoms with Crippen molar-refractivity contribution < 1.29 is 36.6 Å². The van der Waals surface area contributed by atoms with E-state index in [-0.39, 0.29) is 30.3 Å². The molecule has 0 atom stereocenters. The third-order valence-corrected chi connectivity index (χ3v) is 7.16. The molecule has 0 bridgehead atoms. The minimum absolute atomic E-state index is 0.00202. The molecule has 7 nitrogen and oxygen atoms in total. The van der Waals surface area contributed by atoms with Crippen LogP contribution >= 0.6 is 11.3 Å². The van der Waals surface area contributed by atoms with Gasteiger partial charge in [-0.05, 0) is 57.8 Å². The van der Waals surface area contributed by atoms with Gasteiger partial charge in [0, 0.05) is 35.3 Å². The van der Waals surface area contributed by atoms with Crippen molar-refractivity contribution in [3.05, 3.63) is 70.5 Å². The minimum Gasteiger partial charge on any atom is -0.462 e. The fourth-order valence-corrected chi connectivity index (χ4v) is 5.40. The van der Waals surface area contributed by atoms with Gasteiger partial charge in [-0.1, -0.05) is 18.2 Å². The first-order valence-corrected chi connectivity index (χ1v) is 13.3. The smallest absolute Gasteiger partial charge is 0.416 e. The van der Waals surface area contributed by atoms with Gasteiger partial charge >= 0.3 is 18.2 Å². The largest absolute Gasteiger partial charge is 0.462 e. The Balaban J connectivity index is 2.33. The van der Waals surface area contributed by atoms with Crippen LogP contribution in [0.1, 0.15) is 40.9 Å². The first-order valence-electron chi connectivity index (χ1n) is 12.5. The number of thiophene rings is 1. The normalized spacial score (nSPS) is 11.4. The zero-order valence-electron chi connectivity index (χ0n) is 22.8. The van der Waals surface area contributed by atoms with Gasteiger partial charge in [0.15, 0.2) is 0 Å². The van der Waals surface area contributed by atoms with Crippen molar-refractivity contribution in [1.82, 2.24) is 4.90 Å². The molecule has 3 aromatic rings. The summed E-state index contributed by atoms with van der Waals surface area (Å²) in [4.78, 5) is 29.9. The SMILES string of the molecule is CCOC(=O)c1c(N(Cc2c(F)cccc2C(F)(F)F)C(=O)OCC)sc(-c2ccc(NC)cc2)c1CN(C)C. The molecular formula is C28H31F4N3O4S. The van der Waals surface area contributed by atoms with E-state index in [0.29, 0.717) is 16.0 Å². The van der Waals surface area contributed by atoms with E-state index in [9.17, 15) is 27.2 Å². The summed E-state index contributed by atoms with van der Waals surface area (Å²) in [5.74, 6) is -1.91. The molecule has 3 rings (SSSR count). The van der Waals surface area contributed by atoms with Crippen molar-refractivity contribution in [1.29, 1.82) is 0 Å². The van der Waals surface area contributed by atoms with Gasteiger partial charge in [0.1, 0.15) is 10.8 Å². The molecule has 0 radical (unpaired) electrons. The van der Waals surface area contributed by atoms with Crippen molar-refractivity contribution in [2.75, 3.05) is 44.6 Å². The van der Waals surface area contributed by atoms with Crippen LogP contribution in [0.5, 0.6) is 0 Å². The lowest BCUT2D eigenvalue weighted by atomic mass is 10.0. The lowest BCUT2D eigenvalue weighted by molar-refractivity contribution is -0.138. The third kappa shape index (κ3) is 6.92. The Morgan fingerprint density at radius 3 is 2.15 bits per heavy atom. The number of esters is 1. The van der Waals surface area contributed by atoms with Gasteiger partial charge in [-0.15, -0.1) is 11.3 Å². The van der Waals surface area contributed by atoms with Crippen LogP contribution in [0, 0.1) is 5.82 Å². The summed E-state index contributed by atoms with van der Waals surface area (Å²) in [5, 5.41) is 3.02. The summed E-state index contributed by atoms with van der Waals surface area (Å²) in [6.45, 7) is 2.50. The summed E-state index contributed by atoms with van der Waals surface area (Å²) in [6, 6.07) is 9.89. The molecule has 1 N–H and O–H groups in total. The van der Waals surface area contributed by atoms with Gasteiger partial charge in [-0.25, -0.2) is 14.0 Å². The van der Waals surface area contributed by atoms with E-state index in [4.69, 9.17) is 9.47 Å². The number of halogens is 4. The molecule has 1 heterocycles. The molecule has 2 aromatic carbocycles. The number of amides is 1. The van der Waals surface area contributed by atoms with Crippen LogP contribution in [-0.2, 0) is 28.7 Å². The number of hydrogen-bond acceptors (Lipinski definition) is 7. The maximum absolute atomic E-state index is 14.9. The third-order valence-electron chi connectivity index (χ3n) is 5.85. The first kappa shape index (κ1) is 30.9. The summed E-state index contributed by atoms with van der Waals surface area (Å²) in [7, 11) is 5.35. The number of carbonyl (C=O) groups is 2. The molecule has 1 amide bonds. The second-order valence-corrected chi connectivity index (χ2v) is 9.92. The van der Waals surface area contributed by atoms with E-state index < -0.39 is 41.7 Å². The minimum atomic E-state index is -4.88. The molecule has 40 heavy (non-hydrogen) atoms. The predicted octanol–water partition coefficient (Wildman–Crippen LogP) is 7.02. The van der Waals surface area contributed by atoms with E-state index in [1.165, 1.54) is 6.92 Å². The number of alkyl halides is 3. The van der Waals surface area contributed by atoms with Gasteiger partial charge < -0.3 is 19.7 Å². The van der Waals surface area contributed by atoms with Gasteiger partial charge in [-0.2, -0.15) is 13.2 Å². The van der Waals surface area contributed by atoms with Crippen molar-refractivity contribution in [3.8, 4) is 10.4 Å². The first-order chi connectivity index (χ1) is 18.9. The van der Waals surface area contributed by atoms with Gasteiger partial charge in [0.25, 0.3) is 0 Å². The quantitative estimate of drug-likeness (QED) is 0.205. The molecule has 216 valence electrons. The number of hydrogen-bond donors (Lipinski definition) is 1. The lowest BCUT2D eigenvalue weighted by Gasteiger charge is -2.24. The van der Waals surface area contributed by atoms with Crippen LogP contribution in [0.3, 0.4) is 0 Å². The topological polar surface area (TPSA) is 71.1 Å². The second-order valence-electron chi connectivity index (χ2n) is 8.92. The monoisotopic (exact) mass is 581 g/mol. The number of ether oxygens (including phenoxy) is 2. The molecule has 1 aromatic heterocycles. The average molecular weight is 582 g/mol. The highest BCUT2D eigenvalue weighted by molar-refractivity contribution is 7.20. The van der Waals surface area contributed by atoms with E-state index in [1.807, 2.05) is 29.2 Å². The Hall–Kier alpha value is -3.64. The average Bonchev–Trinajstić information content (AvgIpc) is 3.25. The predicted molar refractivity (Wildman–Crippen MR) is 147 cm³/mol. The van der Waals surface area contributed by atoms with Crippen LogP contribution < -0.4 is 10.2 Å². The Bertz CT molecular complexity index is 1340. The number of rotatable bonds is 10. The highest BCUT2D eigenvalue weighted by atomic mass is 32.1. The molecular weight excluding hydrogens is 550 g/mol. The summed E-state index contributed by atoms with van der Waals surface area (Å²) < 4.78 is 66.9. The number of nitrogens with one attached hydrogen (secondary N) is 1. The number of anilines is 2. The molecule has 0 spiro atoms. The molecule has 0 fully saturated rings. The van der Waals surface area contributed by atoms with E-state index in [1.54, 1.807) is 28.1 Å². The maximum Gasteiger partial charge on any atom is 0.416 e. The number of benzene rings is 2. The number of nitrogens with zero attached hydrogens (tertiary/aromatic N) is 2. The van der Waals surface area contributed by atoms with Crippen LogP contribution in [-0.4, -0.2) is 51.3 Å². The van der Waals surface area contributed by atoms with E-state index in [0.717, 1.165) is 40.1 Å². The van der Waals surface area contributed by atoms with Crippen molar-refractivity contribution >= 4 is 34.1 Å². The van der Waals surface area contributed by atoms with Crippen LogP contribution in [0.15, 0.2) is 42.5 Å². The van der Waals surface area contributed by atoms with Crippen LogP contribution in [0.4, 0.5) is 33.0 Å². The molecule has 0 unspecified atom stereocenters. The van der Waals surface area contributed by atoms with Crippen molar-refractivity contribution in [2.45, 2.75) is 33.1 Å². The van der Waals surface area contributed by atoms with Gasteiger partial charge in [-0.3, -0.25) is 4.90 Å². The lowest BCUT2D eigenvalue weighted by Crippen LogP contribution is -2.33. The highest BCUT2D eigenvalue weighted by Gasteiger charge is 2.38. The molecule has 0 saturated carbocycles. The fourth-order valence-electron chi connectivity index (χ4n) is 4.11. The Kier molecular flexibility index (Phi) is 10.2. The molecule has 0 aliphatic heterocycles. The highest BCUT2D eigenvalue weighted by Crippen LogP contribution is 2.45. The maximum atomic E-state index is 14.9. The zero-order valence-corrected chi connectivity index (χ0v) is 23.6. The van der Waals surface area contributed by atoms with Gasteiger partial charge in [0.2, 0.25) is 0 Å². The Morgan fingerprint density at radius 2 is 1.60 bits per heavy atom. The van der Waals surface area contributed by atoms with Crippen LogP contribution in [0.25, 0.3) is 10.4 Å². The summed E-state index contributed by atoms with van der Waals surface area (Å²) >= 11 is 1.02. The Labute approximate surface area is 234 Å². The van der Waals surface area contributed by atoms with Crippen molar-refractivity contribution in [2.24, 2.45) is 0 Å². The van der Waals surface area contributed by atoms with Crippen molar-refractivity contribution in [3.63, 3.8) is 0 Å². The van der Waals surface area contributed by atoms with E-state index in [2.05, 4.69) is 5.32 Å². The second kappa shape index (κ2) is 13.1.